The predicted octanol–water partition coefficient (Wildman–Crippen LogP) is 3.08. The normalized spacial score (nSPS) is 19.2. The van der Waals surface area contributed by atoms with Gasteiger partial charge in [0.25, 0.3) is 27.1 Å². The summed E-state index contributed by atoms with van der Waals surface area (Å²) in [7, 11) is -4.24. The third kappa shape index (κ3) is 2.83. The molecule has 2 aliphatic heterocycles. The van der Waals surface area contributed by atoms with Gasteiger partial charge in [0.15, 0.2) is 0 Å². The van der Waals surface area contributed by atoms with Gasteiger partial charge in [0.1, 0.15) is 0 Å². The third-order valence-electron chi connectivity index (χ3n) is 4.25. The Morgan fingerprint density at radius 2 is 1.71 bits per heavy atom. The molecule has 1 fully saturated rings. The molecule has 0 unspecified atom stereocenters. The monoisotopic (exact) mass is 434 g/mol. The Hall–Kier alpha value is -2.62. The number of aryl methyl sites for hydroxylation is 1. The first-order valence-electron chi connectivity index (χ1n) is 7.94. The molecule has 2 aromatic carbocycles. The molecule has 0 radical (unpaired) electrons. The van der Waals surface area contributed by atoms with E-state index in [-0.39, 0.29) is 31.6 Å². The van der Waals surface area contributed by atoms with Gasteiger partial charge in [-0.15, -0.1) is 0 Å². The van der Waals surface area contributed by atoms with Crippen LogP contribution in [0.5, 0.6) is 0 Å². The van der Waals surface area contributed by atoms with E-state index in [1.165, 1.54) is 30.3 Å². The van der Waals surface area contributed by atoms with Crippen LogP contribution >= 0.6 is 23.4 Å². The van der Waals surface area contributed by atoms with Crippen molar-refractivity contribution in [3.63, 3.8) is 0 Å². The SMILES string of the molecule is Cc1ccc(S(=O)(=O)N2C(=O)/C(=C3\SC(=O)NC3=O)c3cc(Cl)ccc32)cc1. The summed E-state index contributed by atoms with van der Waals surface area (Å²) >= 11 is 6.58. The number of fused-ring (bicyclic) bond motifs is 1. The Morgan fingerprint density at radius 3 is 2.32 bits per heavy atom. The molecular formula is C18H11ClN2O5S2. The van der Waals surface area contributed by atoms with E-state index in [4.69, 9.17) is 11.6 Å². The molecule has 0 bridgehead atoms. The lowest BCUT2D eigenvalue weighted by Crippen LogP contribution is -2.34. The van der Waals surface area contributed by atoms with E-state index in [1.54, 1.807) is 12.1 Å². The fourth-order valence-electron chi connectivity index (χ4n) is 2.96. The van der Waals surface area contributed by atoms with E-state index in [0.717, 1.165) is 5.56 Å². The van der Waals surface area contributed by atoms with E-state index >= 15 is 0 Å². The minimum absolute atomic E-state index is 0.0711. The first kappa shape index (κ1) is 18.7. The molecule has 1 saturated heterocycles. The number of carbonyl (C=O) groups excluding carboxylic acids is 3. The van der Waals surface area contributed by atoms with Gasteiger partial charge in [-0.2, -0.15) is 4.31 Å². The molecule has 0 saturated carbocycles. The fourth-order valence-corrected chi connectivity index (χ4v) is 5.33. The topological polar surface area (TPSA) is 101 Å². The summed E-state index contributed by atoms with van der Waals surface area (Å²) in [4.78, 5) is 36.6. The number of nitrogens with one attached hydrogen (secondary N) is 1. The molecule has 0 atom stereocenters. The van der Waals surface area contributed by atoms with Crippen molar-refractivity contribution >= 4 is 61.7 Å². The van der Waals surface area contributed by atoms with Gasteiger partial charge in [-0.1, -0.05) is 29.3 Å². The molecule has 2 heterocycles. The third-order valence-corrected chi connectivity index (χ3v) is 7.08. The molecule has 28 heavy (non-hydrogen) atoms. The zero-order chi connectivity index (χ0) is 20.2. The second kappa shape index (κ2) is 6.47. The number of nitrogens with zero attached hydrogens (tertiary/aromatic N) is 1. The average molecular weight is 435 g/mol. The number of rotatable bonds is 2. The molecule has 4 rings (SSSR count). The van der Waals surface area contributed by atoms with E-state index in [0.29, 0.717) is 16.1 Å². The van der Waals surface area contributed by atoms with Crippen LogP contribution in [0.15, 0.2) is 52.3 Å². The number of amides is 3. The average Bonchev–Trinajstić information content (AvgIpc) is 3.10. The summed E-state index contributed by atoms with van der Waals surface area (Å²) in [6.07, 6.45) is 0. The van der Waals surface area contributed by atoms with Crippen LogP contribution < -0.4 is 9.62 Å². The molecule has 7 nitrogen and oxygen atoms in total. The number of thioether (sulfide) groups is 1. The smallest absolute Gasteiger partial charge is 0.282 e. The van der Waals surface area contributed by atoms with Crippen molar-refractivity contribution in [2.75, 3.05) is 4.31 Å². The lowest BCUT2D eigenvalue weighted by Gasteiger charge is -2.17. The van der Waals surface area contributed by atoms with Gasteiger partial charge in [-0.25, -0.2) is 8.42 Å². The maximum absolute atomic E-state index is 13.2. The molecule has 0 aromatic heterocycles. The summed E-state index contributed by atoms with van der Waals surface area (Å²) in [5, 5.41) is 1.70. The Labute approximate surface area is 169 Å². The summed E-state index contributed by atoms with van der Waals surface area (Å²) in [5.74, 6) is -1.66. The highest BCUT2D eigenvalue weighted by molar-refractivity contribution is 8.18. The number of hydrogen-bond donors (Lipinski definition) is 1. The van der Waals surface area contributed by atoms with Crippen LogP contribution in [0.25, 0.3) is 5.57 Å². The van der Waals surface area contributed by atoms with E-state index < -0.39 is 27.1 Å². The first-order valence-corrected chi connectivity index (χ1v) is 10.6. The maximum Gasteiger partial charge on any atom is 0.290 e. The zero-order valence-electron chi connectivity index (χ0n) is 14.2. The Kier molecular flexibility index (Phi) is 4.33. The lowest BCUT2D eigenvalue weighted by molar-refractivity contribution is -0.116. The second-order valence-electron chi connectivity index (χ2n) is 6.10. The van der Waals surface area contributed by atoms with Gasteiger partial charge >= 0.3 is 0 Å². The highest BCUT2D eigenvalue weighted by Gasteiger charge is 2.45. The van der Waals surface area contributed by atoms with E-state index in [9.17, 15) is 22.8 Å². The number of hydrogen-bond acceptors (Lipinski definition) is 6. The van der Waals surface area contributed by atoms with Crippen molar-refractivity contribution in [1.29, 1.82) is 0 Å². The number of sulfonamides is 1. The van der Waals surface area contributed by atoms with E-state index in [1.807, 2.05) is 6.92 Å². The molecule has 10 heteroatoms. The number of imide groups is 1. The van der Waals surface area contributed by atoms with E-state index in [2.05, 4.69) is 5.32 Å². The van der Waals surface area contributed by atoms with Crippen molar-refractivity contribution in [2.45, 2.75) is 11.8 Å². The number of benzene rings is 2. The Bertz CT molecular complexity index is 1200. The quantitative estimate of drug-likeness (QED) is 0.729. The van der Waals surface area contributed by atoms with Gasteiger partial charge in [0.2, 0.25) is 0 Å². The highest BCUT2D eigenvalue weighted by Crippen LogP contribution is 2.45. The predicted molar refractivity (Wildman–Crippen MR) is 105 cm³/mol. The molecule has 142 valence electrons. The highest BCUT2D eigenvalue weighted by atomic mass is 35.5. The minimum atomic E-state index is -4.24. The number of anilines is 1. The minimum Gasteiger partial charge on any atom is -0.282 e. The van der Waals surface area contributed by atoms with Crippen LogP contribution in [0.1, 0.15) is 11.1 Å². The van der Waals surface area contributed by atoms with Gasteiger partial charge in [-0.3, -0.25) is 19.7 Å². The number of carbonyl (C=O) groups is 3. The zero-order valence-corrected chi connectivity index (χ0v) is 16.6. The first-order chi connectivity index (χ1) is 13.2. The largest absolute Gasteiger partial charge is 0.290 e. The fraction of sp³-hybridized carbons (Fsp3) is 0.0556. The van der Waals surface area contributed by atoms with Crippen molar-refractivity contribution in [3.8, 4) is 0 Å². The molecule has 2 aliphatic rings. The van der Waals surface area contributed by atoms with Gasteiger partial charge in [-0.05, 0) is 49.0 Å². The van der Waals surface area contributed by atoms with Crippen LogP contribution in [-0.4, -0.2) is 25.5 Å². The molecule has 1 N–H and O–H groups in total. The standard InChI is InChI=1S/C18H11ClN2O5S2/c1-9-2-5-11(6-3-9)28(25,26)21-13-7-4-10(19)8-12(13)14(17(21)23)15-16(22)20-18(24)27-15/h2-8H,1H3,(H,20,22,24)/b15-14-. The molecule has 2 aromatic rings. The molecule has 0 spiro atoms. The second-order valence-corrected chi connectivity index (χ2v) is 9.30. The Balaban J connectivity index is 1.95. The van der Waals surface area contributed by atoms with Crippen LogP contribution in [-0.2, 0) is 19.6 Å². The molecule has 0 aliphatic carbocycles. The van der Waals surface area contributed by atoms with Gasteiger partial charge in [0, 0.05) is 10.6 Å². The number of halogens is 1. The van der Waals surface area contributed by atoms with Crippen molar-refractivity contribution < 1.29 is 22.8 Å². The van der Waals surface area contributed by atoms with Crippen LogP contribution in [0, 0.1) is 6.92 Å². The summed E-state index contributed by atoms with van der Waals surface area (Å²) in [5.41, 5.74) is 0.950. The van der Waals surface area contributed by atoms with Crippen LogP contribution in [0.4, 0.5) is 10.5 Å². The van der Waals surface area contributed by atoms with Gasteiger partial charge < -0.3 is 0 Å². The maximum atomic E-state index is 13.2. The summed E-state index contributed by atoms with van der Waals surface area (Å²) in [6.45, 7) is 1.81. The van der Waals surface area contributed by atoms with Gasteiger partial charge in [0.05, 0.1) is 21.1 Å². The summed E-state index contributed by atoms with van der Waals surface area (Å²) < 4.78 is 27.0. The van der Waals surface area contributed by atoms with Crippen molar-refractivity contribution in [3.05, 3.63) is 63.5 Å². The molecule has 3 amide bonds. The van der Waals surface area contributed by atoms with Crippen molar-refractivity contribution in [2.24, 2.45) is 0 Å². The van der Waals surface area contributed by atoms with Crippen molar-refractivity contribution in [1.82, 2.24) is 5.32 Å². The molecular weight excluding hydrogens is 424 g/mol. The lowest BCUT2D eigenvalue weighted by atomic mass is 10.1. The van der Waals surface area contributed by atoms with Crippen LogP contribution in [0.2, 0.25) is 5.02 Å². The van der Waals surface area contributed by atoms with Crippen LogP contribution in [0.3, 0.4) is 0 Å². The Morgan fingerprint density at radius 1 is 1.04 bits per heavy atom. The summed E-state index contributed by atoms with van der Waals surface area (Å²) in [6, 6.07) is 10.3.